The van der Waals surface area contributed by atoms with E-state index in [2.05, 4.69) is 9.97 Å². The fourth-order valence-electron chi connectivity index (χ4n) is 5.19. The molecule has 1 aliphatic rings. The number of nitrogens with zero attached hydrogens (tertiary/aromatic N) is 6. The lowest BCUT2D eigenvalue weighted by atomic mass is 10.1. The molecule has 1 saturated heterocycles. The van der Waals surface area contributed by atoms with Gasteiger partial charge >= 0.3 is 6.61 Å². The molecule has 0 unspecified atom stereocenters. The number of hydrogen-bond donors (Lipinski definition) is 1. The Kier molecular flexibility index (Phi) is 7.53. The van der Waals surface area contributed by atoms with Crippen molar-refractivity contribution in [1.82, 2.24) is 24.2 Å². The highest BCUT2D eigenvalue weighted by molar-refractivity contribution is 5.84. The number of hydrogen-bond acceptors (Lipinski definition) is 7. The van der Waals surface area contributed by atoms with E-state index >= 15 is 0 Å². The lowest BCUT2D eigenvalue weighted by Crippen LogP contribution is -2.56. The molecule has 1 amide bonds. The number of aliphatic hydroxyl groups excluding tert-OH is 1. The fraction of sp³-hybridized carbons (Fsp3) is 0.357. The minimum absolute atomic E-state index is 0.0580. The van der Waals surface area contributed by atoms with Crippen LogP contribution >= 0.6 is 0 Å². The van der Waals surface area contributed by atoms with Crippen molar-refractivity contribution in [2.75, 3.05) is 31.1 Å². The summed E-state index contributed by atoms with van der Waals surface area (Å²) in [4.78, 5) is 37.4. The lowest BCUT2D eigenvalue weighted by molar-refractivity contribution is -0.132. The maximum absolute atomic E-state index is 13.0. The molecule has 0 spiro atoms. The van der Waals surface area contributed by atoms with E-state index in [0.717, 1.165) is 16.7 Å². The molecule has 12 heteroatoms. The standard InChI is InChI=1S/C28H30F2N6O4/c1-17-4-7-25(40-27(29)30)20(10-17)14-36-24-11-19(5-6-23(24)26(39)33(36)3)21-12-31-28(32-13-21)34-8-9-35(18(2)38)22(15-34)16-37/h4-7,10-13,22,27,37H,8-9,14-16H2,1-3H3/t22-/m1/s1. The number of aryl methyl sites for hydroxylation is 1. The van der Waals surface area contributed by atoms with Crippen molar-refractivity contribution in [2.24, 2.45) is 7.05 Å². The van der Waals surface area contributed by atoms with Crippen LogP contribution in [0.15, 0.2) is 53.6 Å². The third-order valence-electron chi connectivity index (χ3n) is 7.27. The van der Waals surface area contributed by atoms with Crippen molar-refractivity contribution in [3.63, 3.8) is 0 Å². The van der Waals surface area contributed by atoms with Crippen molar-refractivity contribution < 1.29 is 23.4 Å². The van der Waals surface area contributed by atoms with Crippen LogP contribution in [0.2, 0.25) is 0 Å². The summed E-state index contributed by atoms with van der Waals surface area (Å²) >= 11 is 0. The normalized spacial score (nSPS) is 15.7. The van der Waals surface area contributed by atoms with Crippen LogP contribution in [0.25, 0.3) is 22.0 Å². The molecular formula is C28H30F2N6O4. The highest BCUT2D eigenvalue weighted by atomic mass is 19.3. The van der Waals surface area contributed by atoms with Gasteiger partial charge in [-0.15, -0.1) is 0 Å². The highest BCUT2D eigenvalue weighted by Gasteiger charge is 2.29. The van der Waals surface area contributed by atoms with Gasteiger partial charge in [0.1, 0.15) is 5.75 Å². The van der Waals surface area contributed by atoms with Gasteiger partial charge in [-0.2, -0.15) is 8.78 Å². The first-order valence-corrected chi connectivity index (χ1v) is 12.9. The number of fused-ring (bicyclic) bond motifs is 1. The predicted octanol–water partition coefficient (Wildman–Crippen LogP) is 2.78. The van der Waals surface area contributed by atoms with E-state index in [4.69, 9.17) is 4.74 Å². The number of anilines is 1. The molecular weight excluding hydrogens is 522 g/mol. The van der Waals surface area contributed by atoms with Crippen LogP contribution in [-0.2, 0) is 18.4 Å². The molecule has 3 heterocycles. The Hall–Kier alpha value is -4.32. The molecule has 10 nitrogen and oxygen atoms in total. The molecule has 0 saturated carbocycles. The molecule has 2 aromatic heterocycles. The van der Waals surface area contributed by atoms with Gasteiger partial charge in [-0.3, -0.25) is 19.0 Å². The summed E-state index contributed by atoms with van der Waals surface area (Å²) in [6.45, 7) is 1.83. The Morgan fingerprint density at radius 1 is 1.12 bits per heavy atom. The molecule has 4 aromatic rings. The second-order valence-corrected chi connectivity index (χ2v) is 9.87. The quantitative estimate of drug-likeness (QED) is 0.376. The molecule has 0 radical (unpaired) electrons. The number of alkyl halides is 2. The third kappa shape index (κ3) is 5.26. The summed E-state index contributed by atoms with van der Waals surface area (Å²) in [5, 5.41) is 10.2. The minimum atomic E-state index is -2.96. The maximum atomic E-state index is 13.0. The van der Waals surface area contributed by atoms with Crippen LogP contribution in [0.4, 0.5) is 14.7 Å². The smallest absolute Gasteiger partial charge is 0.387 e. The van der Waals surface area contributed by atoms with Crippen molar-refractivity contribution in [2.45, 2.75) is 33.0 Å². The van der Waals surface area contributed by atoms with Gasteiger partial charge in [0.25, 0.3) is 5.56 Å². The van der Waals surface area contributed by atoms with Gasteiger partial charge < -0.3 is 19.6 Å². The second kappa shape index (κ2) is 11.0. The number of aliphatic hydroxyl groups is 1. The molecule has 40 heavy (non-hydrogen) atoms. The van der Waals surface area contributed by atoms with Gasteiger partial charge in [0.05, 0.1) is 30.1 Å². The van der Waals surface area contributed by atoms with Crippen molar-refractivity contribution in [3.05, 3.63) is 70.3 Å². The highest BCUT2D eigenvalue weighted by Crippen LogP contribution is 2.27. The van der Waals surface area contributed by atoms with Gasteiger partial charge in [0, 0.05) is 57.1 Å². The molecule has 0 aliphatic carbocycles. The Bertz CT molecular complexity index is 1600. The summed E-state index contributed by atoms with van der Waals surface area (Å²) in [6, 6.07) is 10.0. The number of ether oxygens (including phenoxy) is 1. The molecule has 1 N–H and O–H groups in total. The third-order valence-corrected chi connectivity index (χ3v) is 7.27. The molecule has 1 aliphatic heterocycles. The maximum Gasteiger partial charge on any atom is 0.387 e. The Balaban J connectivity index is 1.45. The Morgan fingerprint density at radius 2 is 1.88 bits per heavy atom. The average molecular weight is 553 g/mol. The number of carbonyl (C=O) groups excluding carboxylic acids is 1. The molecule has 2 aromatic carbocycles. The van der Waals surface area contributed by atoms with Crippen LogP contribution in [0, 0.1) is 6.92 Å². The number of amides is 1. The molecule has 1 atom stereocenters. The lowest BCUT2D eigenvalue weighted by Gasteiger charge is -2.40. The SMILES string of the molecule is CC(=O)N1CCN(c2ncc(-c3ccc4c(=O)n(C)n(Cc5cc(C)ccc5OC(F)F)c4c3)cn2)C[C@@H]1CO. The summed E-state index contributed by atoms with van der Waals surface area (Å²) in [5.41, 5.74) is 3.33. The molecule has 0 bridgehead atoms. The number of aromatic nitrogens is 4. The van der Waals surface area contributed by atoms with E-state index in [1.807, 2.05) is 24.0 Å². The summed E-state index contributed by atoms with van der Waals surface area (Å²) in [5.74, 6) is 0.474. The summed E-state index contributed by atoms with van der Waals surface area (Å²) in [7, 11) is 1.63. The zero-order valence-corrected chi connectivity index (χ0v) is 22.4. The topological polar surface area (TPSA) is 106 Å². The number of carbonyl (C=O) groups is 1. The molecule has 1 fully saturated rings. The largest absolute Gasteiger partial charge is 0.434 e. The fourth-order valence-corrected chi connectivity index (χ4v) is 5.19. The Morgan fingerprint density at radius 3 is 2.55 bits per heavy atom. The average Bonchev–Trinajstić information content (AvgIpc) is 3.18. The van der Waals surface area contributed by atoms with Gasteiger partial charge in [-0.1, -0.05) is 23.8 Å². The van der Waals surface area contributed by atoms with E-state index in [1.54, 1.807) is 47.2 Å². The van der Waals surface area contributed by atoms with Crippen LogP contribution in [-0.4, -0.2) is 74.1 Å². The number of rotatable bonds is 7. The summed E-state index contributed by atoms with van der Waals surface area (Å²) < 4.78 is 34.0. The molecule has 5 rings (SSSR count). The van der Waals surface area contributed by atoms with Crippen LogP contribution < -0.4 is 15.2 Å². The van der Waals surface area contributed by atoms with Gasteiger partial charge in [0.2, 0.25) is 11.9 Å². The minimum Gasteiger partial charge on any atom is -0.434 e. The first kappa shape index (κ1) is 27.3. The second-order valence-electron chi connectivity index (χ2n) is 9.87. The Labute approximate surface area is 229 Å². The number of benzene rings is 2. The number of piperazine rings is 1. The van der Waals surface area contributed by atoms with Crippen LogP contribution in [0.1, 0.15) is 18.1 Å². The first-order valence-electron chi connectivity index (χ1n) is 12.9. The predicted molar refractivity (Wildman–Crippen MR) is 146 cm³/mol. The first-order chi connectivity index (χ1) is 19.2. The zero-order chi connectivity index (χ0) is 28.6. The van der Waals surface area contributed by atoms with Crippen LogP contribution in [0.5, 0.6) is 5.75 Å². The number of halogens is 2. The van der Waals surface area contributed by atoms with E-state index < -0.39 is 6.61 Å². The zero-order valence-electron chi connectivity index (χ0n) is 22.4. The van der Waals surface area contributed by atoms with E-state index in [9.17, 15) is 23.5 Å². The van der Waals surface area contributed by atoms with E-state index in [1.165, 1.54) is 17.7 Å². The van der Waals surface area contributed by atoms with E-state index in [-0.39, 0.29) is 36.4 Å². The van der Waals surface area contributed by atoms with Crippen molar-refractivity contribution in [1.29, 1.82) is 0 Å². The van der Waals surface area contributed by atoms with Crippen molar-refractivity contribution in [3.8, 4) is 16.9 Å². The molecule has 210 valence electrons. The van der Waals surface area contributed by atoms with Gasteiger partial charge in [-0.25, -0.2) is 9.97 Å². The van der Waals surface area contributed by atoms with Crippen molar-refractivity contribution >= 4 is 22.8 Å². The van der Waals surface area contributed by atoms with Gasteiger partial charge in [-0.05, 0) is 30.7 Å². The summed E-state index contributed by atoms with van der Waals surface area (Å²) in [6.07, 6.45) is 3.38. The monoisotopic (exact) mass is 552 g/mol. The van der Waals surface area contributed by atoms with E-state index in [0.29, 0.717) is 42.0 Å². The van der Waals surface area contributed by atoms with Gasteiger partial charge in [0.15, 0.2) is 0 Å². The van der Waals surface area contributed by atoms with Crippen LogP contribution in [0.3, 0.4) is 0 Å².